The van der Waals surface area contributed by atoms with Gasteiger partial charge in [0.1, 0.15) is 5.52 Å². The molecular weight excluding hydrogens is 152 g/mol. The first kappa shape index (κ1) is 5.83. The van der Waals surface area contributed by atoms with Crippen molar-refractivity contribution in [3.05, 3.63) is 30.8 Å². The summed E-state index contributed by atoms with van der Waals surface area (Å²) < 4.78 is 5.30. The summed E-state index contributed by atoms with van der Waals surface area (Å²) in [5, 5.41) is 1.08. The smallest absolute Gasteiger partial charge is 0.176 e. The van der Waals surface area contributed by atoms with E-state index in [-0.39, 0.29) is 0 Å². The third-order valence-corrected chi connectivity index (χ3v) is 1.99. The molecule has 0 atom stereocenters. The lowest BCUT2D eigenvalue weighted by molar-refractivity contribution is 0.618. The third-order valence-electron chi connectivity index (χ3n) is 1.99. The minimum Gasteiger partial charge on any atom is -0.460 e. The van der Waals surface area contributed by atoms with Gasteiger partial charge in [0.2, 0.25) is 0 Å². The van der Waals surface area contributed by atoms with Crippen LogP contribution in [0, 0.1) is 0 Å². The average molecular weight is 158 g/mol. The molecule has 0 aliphatic heterocycles. The van der Waals surface area contributed by atoms with Gasteiger partial charge in [-0.1, -0.05) is 0 Å². The Kier molecular flexibility index (Phi) is 0.913. The highest BCUT2D eigenvalue weighted by Crippen LogP contribution is 2.22. The summed E-state index contributed by atoms with van der Waals surface area (Å²) >= 11 is 0. The van der Waals surface area contributed by atoms with Crippen LogP contribution in [0.3, 0.4) is 0 Å². The fourth-order valence-corrected chi connectivity index (χ4v) is 1.42. The van der Waals surface area contributed by atoms with Crippen LogP contribution < -0.4 is 0 Å². The van der Waals surface area contributed by atoms with E-state index in [1.807, 2.05) is 24.5 Å². The highest BCUT2D eigenvalue weighted by molar-refractivity contribution is 5.99. The Hall–Kier alpha value is -1.77. The summed E-state index contributed by atoms with van der Waals surface area (Å²) in [6, 6.07) is 3.83. The molecule has 58 valence electrons. The van der Waals surface area contributed by atoms with Crippen molar-refractivity contribution >= 4 is 22.0 Å². The largest absolute Gasteiger partial charge is 0.460 e. The quantitative estimate of drug-likeness (QED) is 0.545. The summed E-state index contributed by atoms with van der Waals surface area (Å²) in [4.78, 5) is 7.34. The summed E-state index contributed by atoms with van der Waals surface area (Å²) in [5.41, 5.74) is 2.74. The molecular formula is C9H6N2O. The zero-order valence-electron chi connectivity index (χ0n) is 6.24. The lowest BCUT2D eigenvalue weighted by Crippen LogP contribution is -1.73. The molecule has 0 bridgehead atoms. The normalized spacial score (nSPS) is 11.3. The molecule has 3 aromatic rings. The van der Waals surface area contributed by atoms with Crippen LogP contribution >= 0.6 is 0 Å². The predicted octanol–water partition coefficient (Wildman–Crippen LogP) is 2.31. The van der Waals surface area contributed by atoms with E-state index in [0.717, 1.165) is 22.0 Å². The lowest BCUT2D eigenvalue weighted by Gasteiger charge is -1.89. The summed E-state index contributed by atoms with van der Waals surface area (Å²) in [6.07, 6.45) is 5.37. The predicted molar refractivity (Wildman–Crippen MR) is 45.9 cm³/mol. The molecule has 0 aromatic carbocycles. The number of aromatic nitrogens is 2. The third kappa shape index (κ3) is 0.580. The Morgan fingerprint density at radius 1 is 1.33 bits per heavy atom. The van der Waals surface area contributed by atoms with Crippen molar-refractivity contribution in [2.45, 2.75) is 0 Å². The maximum Gasteiger partial charge on any atom is 0.176 e. The van der Waals surface area contributed by atoms with Crippen molar-refractivity contribution in [3.8, 4) is 0 Å². The minimum absolute atomic E-state index is 0.831. The zero-order valence-corrected chi connectivity index (χ0v) is 6.24. The first-order valence-electron chi connectivity index (χ1n) is 3.74. The van der Waals surface area contributed by atoms with Crippen LogP contribution in [0.1, 0.15) is 0 Å². The van der Waals surface area contributed by atoms with E-state index in [1.165, 1.54) is 0 Å². The molecule has 0 aliphatic rings. The standard InChI is InChI=1S/C9H6N2O/c1-3-10-8-6(1)5-11-7-2-4-12-9(7)8/h1-5,10H. The summed E-state index contributed by atoms with van der Waals surface area (Å²) in [7, 11) is 0. The van der Waals surface area contributed by atoms with E-state index in [1.54, 1.807) is 6.26 Å². The van der Waals surface area contributed by atoms with Gasteiger partial charge < -0.3 is 9.40 Å². The Balaban J connectivity index is 2.71. The van der Waals surface area contributed by atoms with Crippen molar-refractivity contribution in [3.63, 3.8) is 0 Å². The highest BCUT2D eigenvalue weighted by atomic mass is 16.3. The molecule has 0 amide bonds. The van der Waals surface area contributed by atoms with Crippen molar-refractivity contribution in [1.29, 1.82) is 0 Å². The second-order valence-electron chi connectivity index (χ2n) is 2.70. The molecule has 3 nitrogen and oxygen atoms in total. The molecule has 3 heterocycles. The first-order valence-corrected chi connectivity index (χ1v) is 3.74. The minimum atomic E-state index is 0.831. The number of H-pyrrole nitrogens is 1. The van der Waals surface area contributed by atoms with Crippen LogP contribution in [0.2, 0.25) is 0 Å². The number of pyridine rings is 1. The Bertz CT molecular complexity index is 486. The molecule has 0 saturated heterocycles. The Labute approximate surface area is 68.0 Å². The van der Waals surface area contributed by atoms with Crippen LogP contribution in [0.5, 0.6) is 0 Å². The van der Waals surface area contributed by atoms with Gasteiger partial charge in [0, 0.05) is 23.8 Å². The van der Waals surface area contributed by atoms with Crippen LogP contribution in [0.4, 0.5) is 0 Å². The van der Waals surface area contributed by atoms with Gasteiger partial charge in [0.25, 0.3) is 0 Å². The van der Waals surface area contributed by atoms with E-state index < -0.39 is 0 Å². The molecule has 3 aromatic heterocycles. The fraction of sp³-hybridized carbons (Fsp3) is 0. The van der Waals surface area contributed by atoms with Gasteiger partial charge >= 0.3 is 0 Å². The molecule has 0 unspecified atom stereocenters. The van der Waals surface area contributed by atoms with Crippen LogP contribution in [-0.4, -0.2) is 9.97 Å². The van der Waals surface area contributed by atoms with E-state index in [2.05, 4.69) is 9.97 Å². The van der Waals surface area contributed by atoms with Gasteiger partial charge in [-0.15, -0.1) is 0 Å². The van der Waals surface area contributed by atoms with E-state index in [4.69, 9.17) is 4.42 Å². The van der Waals surface area contributed by atoms with Crippen molar-refractivity contribution in [1.82, 2.24) is 9.97 Å². The van der Waals surface area contributed by atoms with Gasteiger partial charge in [-0.3, -0.25) is 4.98 Å². The summed E-state index contributed by atoms with van der Waals surface area (Å²) in [6.45, 7) is 0. The van der Waals surface area contributed by atoms with E-state index >= 15 is 0 Å². The number of furan rings is 1. The van der Waals surface area contributed by atoms with E-state index in [0.29, 0.717) is 0 Å². The fourth-order valence-electron chi connectivity index (χ4n) is 1.42. The number of nitrogens with zero attached hydrogens (tertiary/aromatic N) is 1. The van der Waals surface area contributed by atoms with Gasteiger partial charge in [-0.05, 0) is 6.07 Å². The second-order valence-corrected chi connectivity index (χ2v) is 2.70. The average Bonchev–Trinajstić information content (AvgIpc) is 2.71. The van der Waals surface area contributed by atoms with Gasteiger partial charge in [0.05, 0.1) is 11.8 Å². The van der Waals surface area contributed by atoms with Crippen molar-refractivity contribution < 1.29 is 4.42 Å². The van der Waals surface area contributed by atoms with Gasteiger partial charge in [-0.2, -0.15) is 0 Å². The molecule has 3 rings (SSSR count). The van der Waals surface area contributed by atoms with Gasteiger partial charge in [-0.25, -0.2) is 0 Å². The maximum atomic E-state index is 5.30. The summed E-state index contributed by atoms with van der Waals surface area (Å²) in [5.74, 6) is 0. The topological polar surface area (TPSA) is 41.8 Å². The molecule has 0 saturated carbocycles. The molecule has 0 fully saturated rings. The van der Waals surface area contributed by atoms with E-state index in [9.17, 15) is 0 Å². The monoisotopic (exact) mass is 158 g/mol. The van der Waals surface area contributed by atoms with Crippen LogP contribution in [0.15, 0.2) is 35.2 Å². The zero-order chi connectivity index (χ0) is 7.97. The molecule has 0 spiro atoms. The highest BCUT2D eigenvalue weighted by Gasteiger charge is 2.03. The second kappa shape index (κ2) is 1.88. The Morgan fingerprint density at radius 2 is 2.33 bits per heavy atom. The van der Waals surface area contributed by atoms with Crippen molar-refractivity contribution in [2.24, 2.45) is 0 Å². The molecule has 12 heavy (non-hydrogen) atoms. The van der Waals surface area contributed by atoms with Crippen LogP contribution in [0.25, 0.3) is 22.0 Å². The Morgan fingerprint density at radius 3 is 3.33 bits per heavy atom. The number of aromatic amines is 1. The number of rotatable bonds is 0. The SMILES string of the molecule is c1cc2cnc3ccoc3c2[nH]1. The number of hydrogen-bond acceptors (Lipinski definition) is 2. The molecule has 0 radical (unpaired) electrons. The van der Waals surface area contributed by atoms with Crippen LogP contribution in [-0.2, 0) is 0 Å². The van der Waals surface area contributed by atoms with Crippen molar-refractivity contribution in [2.75, 3.05) is 0 Å². The lowest BCUT2D eigenvalue weighted by atomic mass is 10.3. The number of hydrogen-bond donors (Lipinski definition) is 1. The first-order chi connectivity index (χ1) is 5.95. The molecule has 0 aliphatic carbocycles. The molecule has 1 N–H and O–H groups in total. The molecule has 3 heteroatoms. The number of fused-ring (bicyclic) bond motifs is 3. The van der Waals surface area contributed by atoms with Gasteiger partial charge in [0.15, 0.2) is 5.58 Å². The number of nitrogens with one attached hydrogen (secondary N) is 1. The maximum absolute atomic E-state index is 5.30.